The van der Waals surface area contributed by atoms with Crippen LogP contribution in [-0.4, -0.2) is 24.5 Å². The van der Waals surface area contributed by atoms with Crippen molar-refractivity contribution in [2.45, 2.75) is 39.2 Å². The summed E-state index contributed by atoms with van der Waals surface area (Å²) in [7, 11) is 0. The molecule has 4 rings (SSSR count). The van der Waals surface area contributed by atoms with E-state index in [1.807, 2.05) is 37.3 Å². The number of fused-ring (bicyclic) bond motifs is 1. The summed E-state index contributed by atoms with van der Waals surface area (Å²) >= 11 is 6.60. The molecule has 7 heteroatoms. The fourth-order valence-electron chi connectivity index (χ4n) is 3.39. The minimum atomic E-state index is 0.452. The van der Waals surface area contributed by atoms with Crippen LogP contribution in [-0.2, 0) is 13.0 Å². The van der Waals surface area contributed by atoms with Crippen LogP contribution in [0.25, 0.3) is 17.3 Å². The second-order valence-corrected chi connectivity index (χ2v) is 6.97. The van der Waals surface area contributed by atoms with E-state index in [1.54, 1.807) is 10.8 Å². The maximum absolute atomic E-state index is 9.77. The number of hydrogen-bond donors (Lipinski definition) is 0. The molecule has 3 heterocycles. The van der Waals surface area contributed by atoms with Crippen LogP contribution in [0.2, 0.25) is 5.15 Å². The highest BCUT2D eigenvalue weighted by molar-refractivity contribution is 6.31. The second kappa shape index (κ2) is 7.37. The molecule has 0 N–H and O–H groups in total. The fraction of sp³-hybridized carbons (Fsp3) is 0.300. The summed E-state index contributed by atoms with van der Waals surface area (Å²) in [5.41, 5.74) is 2.81. The Morgan fingerprint density at radius 3 is 2.78 bits per heavy atom. The number of para-hydroxylation sites is 1. The lowest BCUT2D eigenvalue weighted by atomic mass is 10.1. The van der Waals surface area contributed by atoms with E-state index >= 15 is 0 Å². The molecule has 136 valence electrons. The van der Waals surface area contributed by atoms with Crippen LogP contribution in [0, 0.1) is 18.3 Å². The van der Waals surface area contributed by atoms with Crippen molar-refractivity contribution < 1.29 is 0 Å². The van der Waals surface area contributed by atoms with Gasteiger partial charge in [-0.3, -0.25) is 0 Å². The van der Waals surface area contributed by atoms with Crippen LogP contribution in [0.1, 0.15) is 42.2 Å². The van der Waals surface area contributed by atoms with Crippen molar-refractivity contribution in [3.8, 4) is 11.8 Å². The quantitative estimate of drug-likeness (QED) is 0.640. The summed E-state index contributed by atoms with van der Waals surface area (Å²) < 4.78 is 3.74. The molecular formula is C20H19ClN6. The molecule has 0 unspecified atom stereocenters. The van der Waals surface area contributed by atoms with Gasteiger partial charge < -0.3 is 4.57 Å². The number of aryl methyl sites for hydroxylation is 2. The first kappa shape index (κ1) is 17.5. The number of halogens is 1. The van der Waals surface area contributed by atoms with Gasteiger partial charge in [-0.2, -0.15) is 10.4 Å². The summed E-state index contributed by atoms with van der Waals surface area (Å²) in [6, 6.07) is 12.0. The minimum Gasteiger partial charge on any atom is -0.310 e. The Morgan fingerprint density at radius 2 is 2.00 bits per heavy atom. The third-order valence-electron chi connectivity index (χ3n) is 4.81. The van der Waals surface area contributed by atoms with Gasteiger partial charge in [-0.15, -0.1) is 10.2 Å². The molecule has 1 aliphatic rings. The molecule has 0 bridgehead atoms. The second-order valence-electron chi connectivity index (χ2n) is 6.61. The van der Waals surface area contributed by atoms with Gasteiger partial charge >= 0.3 is 0 Å². The molecule has 0 spiro atoms. The number of aromatic nitrogens is 5. The zero-order valence-corrected chi connectivity index (χ0v) is 15.8. The molecule has 0 radical (unpaired) electrons. The van der Waals surface area contributed by atoms with Crippen molar-refractivity contribution in [3.63, 3.8) is 0 Å². The topological polar surface area (TPSA) is 72.3 Å². The summed E-state index contributed by atoms with van der Waals surface area (Å²) in [4.78, 5) is 0. The van der Waals surface area contributed by atoms with Gasteiger partial charge in [-0.05, 0) is 38.0 Å². The van der Waals surface area contributed by atoms with E-state index in [9.17, 15) is 5.26 Å². The first-order valence-electron chi connectivity index (χ1n) is 9.04. The van der Waals surface area contributed by atoms with E-state index in [0.29, 0.717) is 16.6 Å². The summed E-state index contributed by atoms with van der Waals surface area (Å²) in [5.74, 6) is 1.56. The normalized spacial score (nSPS) is 14.5. The Morgan fingerprint density at radius 1 is 1.19 bits per heavy atom. The monoisotopic (exact) mass is 378 g/mol. The Labute approximate surface area is 162 Å². The van der Waals surface area contributed by atoms with E-state index in [1.165, 1.54) is 6.42 Å². The zero-order valence-electron chi connectivity index (χ0n) is 15.1. The van der Waals surface area contributed by atoms with Crippen LogP contribution in [0.5, 0.6) is 0 Å². The third kappa shape index (κ3) is 3.26. The van der Waals surface area contributed by atoms with Crippen LogP contribution in [0.3, 0.4) is 0 Å². The number of benzene rings is 1. The first-order valence-corrected chi connectivity index (χ1v) is 9.41. The lowest BCUT2D eigenvalue weighted by Gasteiger charge is -2.06. The number of hydrogen-bond acceptors (Lipinski definition) is 4. The van der Waals surface area contributed by atoms with Gasteiger partial charge in [0.15, 0.2) is 5.82 Å². The Hall–Kier alpha value is -2.91. The van der Waals surface area contributed by atoms with Gasteiger partial charge in [-0.25, -0.2) is 4.68 Å². The molecule has 2 aromatic heterocycles. The third-order valence-corrected chi connectivity index (χ3v) is 5.17. The molecular weight excluding hydrogens is 360 g/mol. The van der Waals surface area contributed by atoms with Crippen LogP contribution < -0.4 is 0 Å². The van der Waals surface area contributed by atoms with Crippen molar-refractivity contribution in [1.29, 1.82) is 5.26 Å². The Kier molecular flexibility index (Phi) is 4.78. The van der Waals surface area contributed by atoms with E-state index < -0.39 is 0 Å². The highest BCUT2D eigenvalue weighted by atomic mass is 35.5. The molecule has 3 aromatic rings. The SMILES string of the molecule is Cc1nn(-c2ccccc2)c(Cl)c1C=C(C#N)c1nnc2n1CCCCC2. The van der Waals surface area contributed by atoms with Crippen LogP contribution in [0.4, 0.5) is 0 Å². The van der Waals surface area contributed by atoms with E-state index in [2.05, 4.69) is 25.9 Å². The predicted octanol–water partition coefficient (Wildman–Crippen LogP) is 4.22. The highest BCUT2D eigenvalue weighted by Gasteiger charge is 2.20. The number of rotatable bonds is 3. The lowest BCUT2D eigenvalue weighted by molar-refractivity contribution is 0.627. The van der Waals surface area contributed by atoms with Gasteiger partial charge in [-0.1, -0.05) is 36.2 Å². The zero-order chi connectivity index (χ0) is 18.8. The standard InChI is InChI=1S/C20H19ClN6/c1-14-17(19(21)27(25-14)16-8-4-2-5-9-16)12-15(13-22)20-24-23-18-10-6-3-7-11-26(18)20/h2,4-5,8-9,12H,3,6-7,10-11H2,1H3. The molecule has 27 heavy (non-hydrogen) atoms. The predicted molar refractivity (Wildman–Crippen MR) is 104 cm³/mol. The van der Waals surface area contributed by atoms with Gasteiger partial charge in [0.05, 0.1) is 17.0 Å². The maximum atomic E-state index is 9.77. The molecule has 6 nitrogen and oxygen atoms in total. The fourth-order valence-corrected chi connectivity index (χ4v) is 3.72. The number of nitriles is 1. The van der Waals surface area contributed by atoms with Crippen molar-refractivity contribution in [2.24, 2.45) is 0 Å². The van der Waals surface area contributed by atoms with E-state index in [4.69, 9.17) is 11.6 Å². The van der Waals surface area contributed by atoms with Crippen LogP contribution in [0.15, 0.2) is 30.3 Å². The van der Waals surface area contributed by atoms with Crippen molar-refractivity contribution in [3.05, 3.63) is 58.4 Å². The van der Waals surface area contributed by atoms with Crippen LogP contribution >= 0.6 is 11.6 Å². The maximum Gasteiger partial charge on any atom is 0.174 e. The van der Waals surface area contributed by atoms with E-state index in [-0.39, 0.29) is 0 Å². The highest BCUT2D eigenvalue weighted by Crippen LogP contribution is 2.28. The molecule has 1 aromatic carbocycles. The Bertz CT molecular complexity index is 1040. The van der Waals surface area contributed by atoms with Gasteiger partial charge in [0.1, 0.15) is 17.0 Å². The summed E-state index contributed by atoms with van der Waals surface area (Å²) in [6.07, 6.45) is 6.02. The average Bonchev–Trinajstić information content (AvgIpc) is 3.11. The molecule has 0 aliphatic carbocycles. The molecule has 0 amide bonds. The largest absolute Gasteiger partial charge is 0.310 e. The summed E-state index contributed by atoms with van der Waals surface area (Å²) in [6.45, 7) is 2.73. The van der Waals surface area contributed by atoms with E-state index in [0.717, 1.165) is 48.6 Å². The van der Waals surface area contributed by atoms with Crippen molar-refractivity contribution >= 4 is 23.3 Å². The van der Waals surface area contributed by atoms with Gasteiger partial charge in [0, 0.05) is 18.5 Å². The summed E-state index contributed by atoms with van der Waals surface area (Å²) in [5, 5.41) is 23.4. The molecule has 1 aliphatic heterocycles. The van der Waals surface area contributed by atoms with Gasteiger partial charge in [0.25, 0.3) is 0 Å². The molecule has 0 saturated carbocycles. The Balaban J connectivity index is 1.78. The molecule has 0 atom stereocenters. The van der Waals surface area contributed by atoms with Crippen molar-refractivity contribution in [2.75, 3.05) is 0 Å². The average molecular weight is 379 g/mol. The number of allylic oxidation sites excluding steroid dienone is 1. The molecule has 0 fully saturated rings. The van der Waals surface area contributed by atoms with Gasteiger partial charge in [0.2, 0.25) is 0 Å². The molecule has 0 saturated heterocycles. The smallest absolute Gasteiger partial charge is 0.174 e. The first-order chi connectivity index (χ1) is 13.2. The van der Waals surface area contributed by atoms with Crippen molar-refractivity contribution in [1.82, 2.24) is 24.5 Å². The minimum absolute atomic E-state index is 0.452. The lowest BCUT2D eigenvalue weighted by Crippen LogP contribution is -2.05. The number of nitrogens with zero attached hydrogens (tertiary/aromatic N) is 6.